The van der Waals surface area contributed by atoms with Crippen molar-refractivity contribution in [3.63, 3.8) is 0 Å². The van der Waals surface area contributed by atoms with E-state index in [0.717, 1.165) is 18.3 Å². The van der Waals surface area contributed by atoms with E-state index in [1.807, 2.05) is 0 Å². The summed E-state index contributed by atoms with van der Waals surface area (Å²) in [6.07, 6.45) is 3.43. The van der Waals surface area contributed by atoms with Gasteiger partial charge in [0.15, 0.2) is 0 Å². The van der Waals surface area contributed by atoms with Crippen LogP contribution in [0.3, 0.4) is 0 Å². The normalized spacial score (nSPS) is 37.0. The third-order valence-corrected chi connectivity index (χ3v) is 5.79. The van der Waals surface area contributed by atoms with E-state index < -0.39 is 0 Å². The molecule has 0 aromatic rings. The van der Waals surface area contributed by atoms with Crippen molar-refractivity contribution in [2.75, 3.05) is 30.3 Å². The first-order valence-corrected chi connectivity index (χ1v) is 8.10. The Bertz CT molecular complexity index is 181. The van der Waals surface area contributed by atoms with Gasteiger partial charge >= 0.3 is 0 Å². The highest BCUT2D eigenvalue weighted by Crippen LogP contribution is 2.23. The summed E-state index contributed by atoms with van der Waals surface area (Å²) >= 11 is 4.22. The maximum Gasteiger partial charge on any atom is 0.0704 e. The maximum absolute atomic E-state index is 5.78. The molecular weight excluding hydrogens is 226 g/mol. The van der Waals surface area contributed by atoms with E-state index in [1.54, 1.807) is 0 Å². The topological polar surface area (TPSA) is 21.3 Å². The van der Waals surface area contributed by atoms with Gasteiger partial charge in [0.2, 0.25) is 0 Å². The standard InChI is InChI=1S/C11H21NOS2/c1-9-2-3-10(13-9)6-12-7-11-8-14-4-5-15-11/h9-12H,2-8H2,1H3. The van der Waals surface area contributed by atoms with Crippen LogP contribution in [0.1, 0.15) is 19.8 Å². The number of rotatable bonds is 4. The van der Waals surface area contributed by atoms with Crippen LogP contribution in [0.2, 0.25) is 0 Å². The second kappa shape index (κ2) is 6.38. The first kappa shape index (κ1) is 12.1. The highest BCUT2D eigenvalue weighted by molar-refractivity contribution is 8.06. The van der Waals surface area contributed by atoms with Gasteiger partial charge in [-0.3, -0.25) is 0 Å². The number of hydrogen-bond acceptors (Lipinski definition) is 4. The van der Waals surface area contributed by atoms with Crippen LogP contribution in [0.15, 0.2) is 0 Å². The minimum absolute atomic E-state index is 0.473. The summed E-state index contributed by atoms with van der Waals surface area (Å²) in [4.78, 5) is 0. The average Bonchev–Trinajstić information content (AvgIpc) is 2.66. The van der Waals surface area contributed by atoms with Gasteiger partial charge in [-0.05, 0) is 19.8 Å². The van der Waals surface area contributed by atoms with Gasteiger partial charge in [-0.25, -0.2) is 0 Å². The van der Waals surface area contributed by atoms with Crippen molar-refractivity contribution in [1.82, 2.24) is 5.32 Å². The van der Waals surface area contributed by atoms with Crippen LogP contribution in [-0.4, -0.2) is 47.8 Å². The third-order valence-electron chi connectivity index (χ3n) is 2.95. The van der Waals surface area contributed by atoms with Crippen molar-refractivity contribution in [1.29, 1.82) is 0 Å². The van der Waals surface area contributed by atoms with Gasteiger partial charge in [-0.1, -0.05) is 0 Å². The molecular formula is C11H21NOS2. The Morgan fingerprint density at radius 2 is 2.20 bits per heavy atom. The molecule has 2 rings (SSSR count). The molecule has 0 radical (unpaired) electrons. The molecule has 2 heterocycles. The van der Waals surface area contributed by atoms with Gasteiger partial charge in [-0.15, -0.1) is 0 Å². The molecule has 1 N–H and O–H groups in total. The lowest BCUT2D eigenvalue weighted by molar-refractivity contribution is 0.0562. The van der Waals surface area contributed by atoms with Crippen molar-refractivity contribution >= 4 is 23.5 Å². The molecule has 0 amide bonds. The van der Waals surface area contributed by atoms with Gasteiger partial charge in [0.1, 0.15) is 0 Å². The number of nitrogens with one attached hydrogen (secondary N) is 1. The van der Waals surface area contributed by atoms with Crippen LogP contribution in [0.5, 0.6) is 0 Å². The van der Waals surface area contributed by atoms with Crippen LogP contribution in [-0.2, 0) is 4.74 Å². The van der Waals surface area contributed by atoms with E-state index in [0.29, 0.717) is 12.2 Å². The van der Waals surface area contributed by atoms with Crippen molar-refractivity contribution < 1.29 is 4.74 Å². The van der Waals surface area contributed by atoms with Crippen LogP contribution in [0.25, 0.3) is 0 Å². The Morgan fingerprint density at radius 1 is 1.27 bits per heavy atom. The first-order valence-electron chi connectivity index (χ1n) is 5.90. The smallest absolute Gasteiger partial charge is 0.0704 e. The zero-order chi connectivity index (χ0) is 10.5. The van der Waals surface area contributed by atoms with E-state index in [-0.39, 0.29) is 0 Å². The Morgan fingerprint density at radius 3 is 2.87 bits per heavy atom. The molecule has 4 heteroatoms. The summed E-state index contributed by atoms with van der Waals surface area (Å²) in [5, 5.41) is 4.38. The number of ether oxygens (including phenoxy) is 1. The van der Waals surface area contributed by atoms with E-state index in [9.17, 15) is 0 Å². The van der Waals surface area contributed by atoms with Crippen molar-refractivity contribution in [3.05, 3.63) is 0 Å². The molecule has 2 fully saturated rings. The quantitative estimate of drug-likeness (QED) is 0.820. The Hall–Kier alpha value is 0.620. The van der Waals surface area contributed by atoms with Crippen molar-refractivity contribution in [2.45, 2.75) is 37.2 Å². The minimum atomic E-state index is 0.473. The molecule has 0 bridgehead atoms. The van der Waals surface area contributed by atoms with Gasteiger partial charge in [0.05, 0.1) is 12.2 Å². The predicted octanol–water partition coefficient (Wildman–Crippen LogP) is 1.99. The van der Waals surface area contributed by atoms with Crippen LogP contribution in [0.4, 0.5) is 0 Å². The van der Waals surface area contributed by atoms with Gasteiger partial charge in [0, 0.05) is 35.6 Å². The molecule has 0 aromatic carbocycles. The van der Waals surface area contributed by atoms with Crippen molar-refractivity contribution in [2.24, 2.45) is 0 Å². The summed E-state index contributed by atoms with van der Waals surface area (Å²) in [6.45, 7) is 4.38. The summed E-state index contributed by atoms with van der Waals surface area (Å²) in [5.74, 6) is 3.98. The highest BCUT2D eigenvalue weighted by atomic mass is 32.2. The molecule has 0 spiro atoms. The Balaban J connectivity index is 1.54. The van der Waals surface area contributed by atoms with Crippen molar-refractivity contribution in [3.8, 4) is 0 Å². The lowest BCUT2D eigenvalue weighted by atomic mass is 10.2. The molecule has 15 heavy (non-hydrogen) atoms. The summed E-state index contributed by atoms with van der Waals surface area (Å²) < 4.78 is 5.78. The molecule has 2 aliphatic rings. The SMILES string of the molecule is CC1CCC(CNCC2CSCCS2)O1. The molecule has 2 saturated heterocycles. The monoisotopic (exact) mass is 247 g/mol. The molecule has 88 valence electrons. The summed E-state index contributed by atoms with van der Waals surface area (Å²) in [7, 11) is 0. The molecule has 0 aliphatic carbocycles. The second-order valence-electron chi connectivity index (χ2n) is 4.37. The Kier molecular flexibility index (Phi) is 5.14. The first-order chi connectivity index (χ1) is 7.34. The predicted molar refractivity (Wildman–Crippen MR) is 70.0 cm³/mol. The molecule has 0 saturated carbocycles. The van der Waals surface area contributed by atoms with Crippen LogP contribution in [0, 0.1) is 0 Å². The second-order valence-corrected chi connectivity index (χ2v) is 6.93. The van der Waals surface area contributed by atoms with E-state index >= 15 is 0 Å². The van der Waals surface area contributed by atoms with E-state index in [4.69, 9.17) is 4.74 Å². The van der Waals surface area contributed by atoms with Gasteiger partial charge in [0.25, 0.3) is 0 Å². The minimum Gasteiger partial charge on any atom is -0.374 e. The summed E-state index contributed by atoms with van der Waals surface area (Å²) in [5.41, 5.74) is 0. The fourth-order valence-electron chi connectivity index (χ4n) is 2.10. The lowest BCUT2D eigenvalue weighted by Gasteiger charge is -2.22. The van der Waals surface area contributed by atoms with Crippen LogP contribution < -0.4 is 5.32 Å². The van der Waals surface area contributed by atoms with Crippen LogP contribution >= 0.6 is 23.5 Å². The third kappa shape index (κ3) is 4.17. The number of thioether (sulfide) groups is 2. The van der Waals surface area contributed by atoms with E-state index in [1.165, 1.54) is 30.1 Å². The molecule has 2 nitrogen and oxygen atoms in total. The Labute approximate surface area is 101 Å². The fourth-order valence-corrected chi connectivity index (χ4v) is 4.74. The molecule has 2 aliphatic heterocycles. The largest absolute Gasteiger partial charge is 0.374 e. The summed E-state index contributed by atoms with van der Waals surface area (Å²) in [6, 6.07) is 0. The highest BCUT2D eigenvalue weighted by Gasteiger charge is 2.21. The molecule has 3 atom stereocenters. The zero-order valence-corrected chi connectivity index (χ0v) is 11.0. The average molecular weight is 247 g/mol. The van der Waals surface area contributed by atoms with Gasteiger partial charge in [-0.2, -0.15) is 23.5 Å². The lowest BCUT2D eigenvalue weighted by Crippen LogP contribution is -2.34. The fraction of sp³-hybridized carbons (Fsp3) is 1.00. The van der Waals surface area contributed by atoms with Gasteiger partial charge < -0.3 is 10.1 Å². The van der Waals surface area contributed by atoms with E-state index in [2.05, 4.69) is 35.8 Å². The molecule has 0 aromatic heterocycles. The maximum atomic E-state index is 5.78. The molecule has 3 unspecified atom stereocenters. The zero-order valence-electron chi connectivity index (χ0n) is 9.41. The number of hydrogen-bond donors (Lipinski definition) is 1.